The highest BCUT2D eigenvalue weighted by Crippen LogP contribution is 2.14. The smallest absolute Gasteiger partial charge is 0.245 e. The summed E-state index contributed by atoms with van der Waals surface area (Å²) >= 11 is 0. The lowest BCUT2D eigenvalue weighted by Gasteiger charge is -2.27. The Balaban J connectivity index is 1.55. The molecule has 10 heteroatoms. The van der Waals surface area contributed by atoms with Crippen LogP contribution in [0.3, 0.4) is 0 Å². The van der Waals surface area contributed by atoms with Gasteiger partial charge in [-0.15, -0.1) is 0 Å². The number of hydrogen-bond donors (Lipinski definition) is 2. The summed E-state index contributed by atoms with van der Waals surface area (Å²) in [5, 5.41) is 14.7. The number of guanidine groups is 1. The Morgan fingerprint density at radius 2 is 2.07 bits per heavy atom. The van der Waals surface area contributed by atoms with Gasteiger partial charge in [0.2, 0.25) is 17.8 Å². The SMILES string of the molecule is N#CNC(=NCCCn1ccnc1)NC1CCCCN(CC(=O)N2CCCC2)C1=O. The number of amides is 2. The molecular weight excluding hydrogens is 384 g/mol. The summed E-state index contributed by atoms with van der Waals surface area (Å²) in [5.74, 6) is 0.213. The zero-order valence-electron chi connectivity index (χ0n) is 17.3. The molecule has 3 rings (SSSR count). The number of hydrogen-bond acceptors (Lipinski definition) is 5. The normalized spacial score (nSPS) is 20.0. The van der Waals surface area contributed by atoms with E-state index in [4.69, 9.17) is 5.26 Å². The lowest BCUT2D eigenvalue weighted by molar-refractivity contribution is -0.140. The van der Waals surface area contributed by atoms with E-state index in [0.717, 1.165) is 51.7 Å². The van der Waals surface area contributed by atoms with Crippen molar-refractivity contribution < 1.29 is 9.59 Å². The van der Waals surface area contributed by atoms with E-state index in [2.05, 4.69) is 20.6 Å². The Morgan fingerprint density at radius 1 is 1.27 bits per heavy atom. The average Bonchev–Trinajstić information content (AvgIpc) is 3.43. The number of aryl methyl sites for hydroxylation is 1. The molecule has 1 aromatic heterocycles. The first-order valence-electron chi connectivity index (χ1n) is 10.7. The molecule has 10 nitrogen and oxygen atoms in total. The van der Waals surface area contributed by atoms with Crippen LogP contribution in [0.25, 0.3) is 0 Å². The van der Waals surface area contributed by atoms with Crippen molar-refractivity contribution in [3.8, 4) is 6.19 Å². The third kappa shape index (κ3) is 6.20. The molecule has 30 heavy (non-hydrogen) atoms. The minimum absolute atomic E-state index is 0.0186. The van der Waals surface area contributed by atoms with E-state index in [-0.39, 0.29) is 18.4 Å². The molecule has 1 unspecified atom stereocenters. The van der Waals surface area contributed by atoms with Crippen LogP contribution >= 0.6 is 0 Å². The van der Waals surface area contributed by atoms with E-state index in [0.29, 0.717) is 25.5 Å². The minimum atomic E-state index is -0.493. The fraction of sp³-hybridized carbons (Fsp3) is 0.650. The van der Waals surface area contributed by atoms with Gasteiger partial charge in [0, 0.05) is 45.1 Å². The van der Waals surface area contributed by atoms with E-state index in [9.17, 15) is 9.59 Å². The Bertz CT molecular complexity index is 764. The van der Waals surface area contributed by atoms with Crippen LogP contribution in [0.1, 0.15) is 38.5 Å². The highest BCUT2D eigenvalue weighted by atomic mass is 16.2. The van der Waals surface area contributed by atoms with Crippen molar-refractivity contribution in [2.24, 2.45) is 4.99 Å². The van der Waals surface area contributed by atoms with E-state index in [1.165, 1.54) is 0 Å². The van der Waals surface area contributed by atoms with Gasteiger partial charge in [0.15, 0.2) is 6.19 Å². The van der Waals surface area contributed by atoms with Crippen molar-refractivity contribution in [3.05, 3.63) is 18.7 Å². The van der Waals surface area contributed by atoms with Crippen molar-refractivity contribution >= 4 is 17.8 Å². The molecule has 2 amide bonds. The van der Waals surface area contributed by atoms with Gasteiger partial charge in [0.05, 0.1) is 12.9 Å². The summed E-state index contributed by atoms with van der Waals surface area (Å²) in [6.07, 6.45) is 12.5. The first-order valence-corrected chi connectivity index (χ1v) is 10.7. The second kappa shape index (κ2) is 11.2. The number of nitrogens with one attached hydrogen (secondary N) is 2. The molecular formula is C20H30N8O2. The van der Waals surface area contributed by atoms with Crippen LogP contribution in [0.4, 0.5) is 0 Å². The lowest BCUT2D eigenvalue weighted by atomic mass is 10.1. The van der Waals surface area contributed by atoms with Gasteiger partial charge in [-0.25, -0.2) is 4.98 Å². The molecule has 3 heterocycles. The number of rotatable bonds is 7. The molecule has 1 atom stereocenters. The molecule has 0 spiro atoms. The topological polar surface area (TPSA) is 119 Å². The van der Waals surface area contributed by atoms with Gasteiger partial charge in [0.25, 0.3) is 0 Å². The largest absolute Gasteiger partial charge is 0.344 e. The van der Waals surface area contributed by atoms with Gasteiger partial charge >= 0.3 is 0 Å². The van der Waals surface area contributed by atoms with Crippen LogP contribution < -0.4 is 10.6 Å². The predicted octanol–water partition coefficient (Wildman–Crippen LogP) is 0.293. The van der Waals surface area contributed by atoms with E-state index >= 15 is 0 Å². The number of carbonyl (C=O) groups excluding carboxylic acids is 2. The first-order chi connectivity index (χ1) is 14.7. The maximum Gasteiger partial charge on any atom is 0.245 e. The molecule has 0 saturated carbocycles. The third-order valence-electron chi connectivity index (χ3n) is 5.45. The predicted molar refractivity (Wildman–Crippen MR) is 111 cm³/mol. The zero-order chi connectivity index (χ0) is 21.2. The molecule has 2 saturated heterocycles. The molecule has 162 valence electrons. The molecule has 0 bridgehead atoms. The Morgan fingerprint density at radius 3 is 2.80 bits per heavy atom. The lowest BCUT2D eigenvalue weighted by Crippen LogP contribution is -2.52. The molecule has 0 aromatic carbocycles. The number of nitriles is 1. The van der Waals surface area contributed by atoms with Crippen molar-refractivity contribution in [1.82, 2.24) is 30.0 Å². The quantitative estimate of drug-likeness (QED) is 0.218. The fourth-order valence-corrected chi connectivity index (χ4v) is 3.83. The number of aromatic nitrogens is 2. The Labute approximate surface area is 176 Å². The van der Waals surface area contributed by atoms with Gasteiger partial charge in [-0.3, -0.25) is 19.9 Å². The van der Waals surface area contributed by atoms with Crippen LogP contribution in [-0.4, -0.2) is 75.9 Å². The Kier molecular flexibility index (Phi) is 8.06. The van der Waals surface area contributed by atoms with Crippen molar-refractivity contribution in [2.45, 2.75) is 51.1 Å². The summed E-state index contributed by atoms with van der Waals surface area (Å²) in [7, 11) is 0. The molecule has 0 aliphatic carbocycles. The second-order valence-corrected chi connectivity index (χ2v) is 7.66. The molecule has 1 aromatic rings. The monoisotopic (exact) mass is 414 g/mol. The summed E-state index contributed by atoms with van der Waals surface area (Å²) in [5.41, 5.74) is 0. The fourth-order valence-electron chi connectivity index (χ4n) is 3.83. The van der Waals surface area contributed by atoms with Crippen LogP contribution in [0.5, 0.6) is 0 Å². The minimum Gasteiger partial charge on any atom is -0.344 e. The molecule has 2 aliphatic rings. The number of imidazole rings is 1. The maximum atomic E-state index is 13.0. The van der Waals surface area contributed by atoms with E-state index in [1.54, 1.807) is 17.4 Å². The third-order valence-corrected chi connectivity index (χ3v) is 5.45. The van der Waals surface area contributed by atoms with E-state index < -0.39 is 6.04 Å². The first kappa shape index (κ1) is 21.6. The molecule has 2 fully saturated rings. The van der Waals surface area contributed by atoms with Crippen molar-refractivity contribution in [3.63, 3.8) is 0 Å². The number of likely N-dealkylation sites (tertiary alicyclic amines) is 2. The van der Waals surface area contributed by atoms with Gasteiger partial charge < -0.3 is 19.7 Å². The van der Waals surface area contributed by atoms with Gasteiger partial charge in [-0.05, 0) is 38.5 Å². The molecule has 2 N–H and O–H groups in total. The van der Waals surface area contributed by atoms with E-state index in [1.807, 2.05) is 21.9 Å². The summed E-state index contributed by atoms with van der Waals surface area (Å²) in [6.45, 7) is 3.56. The van der Waals surface area contributed by atoms with Crippen molar-refractivity contribution in [1.29, 1.82) is 5.26 Å². The molecule has 2 aliphatic heterocycles. The standard InChI is InChI=1S/C20H30N8O2/c21-15-24-20(23-7-5-9-26-13-8-22-16-26)25-17-6-1-2-12-28(19(17)30)14-18(29)27-10-3-4-11-27/h8,13,16-17H,1-7,9-12,14H2,(H2,23,24,25). The summed E-state index contributed by atoms with van der Waals surface area (Å²) in [6, 6.07) is -0.493. The summed E-state index contributed by atoms with van der Waals surface area (Å²) in [4.78, 5) is 37.4. The second-order valence-electron chi connectivity index (χ2n) is 7.66. The number of nitrogens with zero attached hydrogens (tertiary/aromatic N) is 6. The van der Waals surface area contributed by atoms with Gasteiger partial charge in [-0.2, -0.15) is 5.26 Å². The highest BCUT2D eigenvalue weighted by Gasteiger charge is 2.30. The highest BCUT2D eigenvalue weighted by molar-refractivity contribution is 5.92. The van der Waals surface area contributed by atoms with Crippen molar-refractivity contribution in [2.75, 3.05) is 32.7 Å². The van der Waals surface area contributed by atoms with Crippen LogP contribution in [0, 0.1) is 11.5 Å². The molecule has 0 radical (unpaired) electrons. The average molecular weight is 415 g/mol. The van der Waals surface area contributed by atoms with Crippen LogP contribution in [0.2, 0.25) is 0 Å². The maximum absolute atomic E-state index is 13.0. The number of carbonyl (C=O) groups is 2. The zero-order valence-corrected chi connectivity index (χ0v) is 17.3. The van der Waals surface area contributed by atoms with Crippen LogP contribution in [-0.2, 0) is 16.1 Å². The summed E-state index contributed by atoms with van der Waals surface area (Å²) < 4.78 is 1.96. The Hall–Kier alpha value is -3.09. The number of aliphatic imine (C=N–C) groups is 1. The van der Waals surface area contributed by atoms with Gasteiger partial charge in [0.1, 0.15) is 6.04 Å². The van der Waals surface area contributed by atoms with Crippen LogP contribution in [0.15, 0.2) is 23.7 Å². The van der Waals surface area contributed by atoms with Gasteiger partial charge in [-0.1, -0.05) is 0 Å².